The van der Waals surface area contributed by atoms with Crippen molar-refractivity contribution in [2.75, 3.05) is 5.88 Å². The molecule has 3 nitrogen and oxygen atoms in total. The average molecular weight is 292 g/mol. The molecule has 0 aliphatic carbocycles. The summed E-state index contributed by atoms with van der Waals surface area (Å²) < 4.78 is 2.25. The molecule has 0 amide bonds. The molecule has 98 valence electrons. The number of halogens is 1. The number of alkyl halides is 1. The van der Waals surface area contributed by atoms with E-state index in [1.54, 1.807) is 11.3 Å². The maximum atomic E-state index is 5.90. The van der Waals surface area contributed by atoms with Crippen LogP contribution in [0.4, 0.5) is 0 Å². The van der Waals surface area contributed by atoms with E-state index < -0.39 is 0 Å². The minimum Gasteiger partial charge on any atom is -0.318 e. The number of rotatable bonds is 4. The Labute approximate surface area is 120 Å². The summed E-state index contributed by atoms with van der Waals surface area (Å²) in [5.41, 5.74) is 2.16. The van der Waals surface area contributed by atoms with Gasteiger partial charge in [-0.25, -0.2) is 9.97 Å². The number of benzene rings is 1. The molecule has 1 aromatic carbocycles. The molecule has 0 aliphatic heterocycles. The predicted octanol–water partition coefficient (Wildman–Crippen LogP) is 3.88. The number of nitrogens with zero attached hydrogens (tertiary/aromatic N) is 3. The summed E-state index contributed by atoms with van der Waals surface area (Å²) in [6.45, 7) is 2.16. The van der Waals surface area contributed by atoms with Gasteiger partial charge in [-0.15, -0.1) is 22.9 Å². The van der Waals surface area contributed by atoms with Gasteiger partial charge in [0.25, 0.3) is 0 Å². The summed E-state index contributed by atoms with van der Waals surface area (Å²) in [5, 5.41) is 3.10. The summed E-state index contributed by atoms with van der Waals surface area (Å²) in [4.78, 5) is 9.11. The summed E-state index contributed by atoms with van der Waals surface area (Å²) >= 11 is 7.57. The van der Waals surface area contributed by atoms with Gasteiger partial charge in [-0.1, -0.05) is 12.1 Å². The Morgan fingerprint density at radius 1 is 1.37 bits per heavy atom. The van der Waals surface area contributed by atoms with Crippen LogP contribution in [0.15, 0.2) is 35.8 Å². The van der Waals surface area contributed by atoms with Crippen LogP contribution >= 0.6 is 22.9 Å². The van der Waals surface area contributed by atoms with Crippen molar-refractivity contribution in [1.82, 2.24) is 14.5 Å². The molecule has 2 heterocycles. The molecule has 0 saturated carbocycles. The van der Waals surface area contributed by atoms with Gasteiger partial charge < -0.3 is 4.57 Å². The largest absolute Gasteiger partial charge is 0.318 e. The lowest BCUT2D eigenvalue weighted by atomic mass is 10.2. The number of imidazole rings is 1. The first-order chi connectivity index (χ1) is 9.31. The van der Waals surface area contributed by atoms with E-state index in [0.29, 0.717) is 5.88 Å². The van der Waals surface area contributed by atoms with Crippen LogP contribution in [0.3, 0.4) is 0 Å². The van der Waals surface area contributed by atoms with Gasteiger partial charge in [0.15, 0.2) is 0 Å². The Bertz CT molecular complexity index is 675. The van der Waals surface area contributed by atoms with Crippen molar-refractivity contribution in [3.63, 3.8) is 0 Å². The topological polar surface area (TPSA) is 30.7 Å². The smallest absolute Gasteiger partial charge is 0.115 e. The number of hydrogen-bond donors (Lipinski definition) is 0. The van der Waals surface area contributed by atoms with Crippen LogP contribution in [0.1, 0.15) is 23.8 Å². The van der Waals surface area contributed by atoms with E-state index in [-0.39, 0.29) is 6.04 Å². The van der Waals surface area contributed by atoms with Gasteiger partial charge in [0.05, 0.1) is 17.1 Å². The molecule has 5 heteroatoms. The second-order valence-electron chi connectivity index (χ2n) is 4.37. The molecule has 0 spiro atoms. The van der Waals surface area contributed by atoms with E-state index >= 15 is 0 Å². The lowest BCUT2D eigenvalue weighted by Crippen LogP contribution is -2.11. The van der Waals surface area contributed by atoms with Crippen LogP contribution in [-0.4, -0.2) is 20.4 Å². The third-order valence-corrected chi connectivity index (χ3v) is 4.32. The van der Waals surface area contributed by atoms with E-state index in [9.17, 15) is 0 Å². The van der Waals surface area contributed by atoms with Gasteiger partial charge in [0.1, 0.15) is 10.8 Å². The van der Waals surface area contributed by atoms with Crippen LogP contribution in [0, 0.1) is 0 Å². The Hall–Kier alpha value is -1.39. The second-order valence-corrected chi connectivity index (χ2v) is 5.68. The van der Waals surface area contributed by atoms with Crippen molar-refractivity contribution < 1.29 is 0 Å². The third-order valence-electron chi connectivity index (χ3n) is 3.18. The Morgan fingerprint density at radius 2 is 2.21 bits per heavy atom. The number of aromatic nitrogens is 3. The van der Waals surface area contributed by atoms with E-state index in [4.69, 9.17) is 11.6 Å². The lowest BCUT2D eigenvalue weighted by molar-refractivity contribution is 0.620. The molecule has 0 radical (unpaired) electrons. The molecule has 3 aromatic rings. The lowest BCUT2D eigenvalue weighted by Gasteiger charge is -2.15. The number of para-hydroxylation sites is 2. The third kappa shape index (κ3) is 2.26. The highest BCUT2D eigenvalue weighted by atomic mass is 35.5. The van der Waals surface area contributed by atoms with Crippen molar-refractivity contribution in [2.45, 2.75) is 19.4 Å². The summed E-state index contributed by atoms with van der Waals surface area (Å²) in [5.74, 6) is 1.60. The fourth-order valence-corrected chi connectivity index (χ4v) is 3.19. The highest BCUT2D eigenvalue weighted by Crippen LogP contribution is 2.27. The highest BCUT2D eigenvalue weighted by Gasteiger charge is 2.18. The molecule has 3 rings (SSSR count). The zero-order valence-electron chi connectivity index (χ0n) is 10.6. The van der Waals surface area contributed by atoms with E-state index in [1.165, 1.54) is 0 Å². The fourth-order valence-electron chi connectivity index (χ4n) is 2.34. The first-order valence-electron chi connectivity index (χ1n) is 6.22. The molecule has 0 aliphatic rings. The quantitative estimate of drug-likeness (QED) is 0.683. The van der Waals surface area contributed by atoms with Crippen molar-refractivity contribution >= 4 is 34.0 Å². The fraction of sp³-hybridized carbons (Fsp3) is 0.286. The van der Waals surface area contributed by atoms with Crippen LogP contribution < -0.4 is 0 Å². The molecule has 19 heavy (non-hydrogen) atoms. The Kier molecular flexibility index (Phi) is 3.53. The number of hydrogen-bond acceptors (Lipinski definition) is 3. The van der Waals surface area contributed by atoms with Crippen molar-refractivity contribution in [1.29, 1.82) is 0 Å². The van der Waals surface area contributed by atoms with Crippen LogP contribution in [0.25, 0.3) is 11.0 Å². The van der Waals surface area contributed by atoms with Gasteiger partial charge in [-0.05, 0) is 19.1 Å². The number of thiazole rings is 1. The monoisotopic (exact) mass is 291 g/mol. The van der Waals surface area contributed by atoms with E-state index in [1.807, 2.05) is 29.8 Å². The maximum Gasteiger partial charge on any atom is 0.115 e. The van der Waals surface area contributed by atoms with Gasteiger partial charge in [0, 0.05) is 23.9 Å². The number of fused-ring (bicyclic) bond motifs is 1. The normalized spacial score (nSPS) is 12.9. The molecule has 0 bridgehead atoms. The minimum atomic E-state index is 0.186. The van der Waals surface area contributed by atoms with Gasteiger partial charge >= 0.3 is 0 Å². The predicted molar refractivity (Wildman–Crippen MR) is 80.1 cm³/mol. The van der Waals surface area contributed by atoms with E-state index in [2.05, 4.69) is 27.5 Å². The molecule has 0 fully saturated rings. The summed E-state index contributed by atoms with van der Waals surface area (Å²) in [6, 6.07) is 8.38. The van der Waals surface area contributed by atoms with Gasteiger partial charge in [0.2, 0.25) is 0 Å². The molecule has 1 unspecified atom stereocenters. The molecule has 0 N–H and O–H groups in total. The van der Waals surface area contributed by atoms with Gasteiger partial charge in [-0.2, -0.15) is 0 Å². The zero-order valence-corrected chi connectivity index (χ0v) is 12.2. The first kappa shape index (κ1) is 12.6. The van der Waals surface area contributed by atoms with E-state index in [0.717, 1.165) is 28.3 Å². The SMILES string of the molecule is CC(c1nccs1)n1c(CCCl)nc2ccccc21. The number of aryl methyl sites for hydroxylation is 1. The zero-order chi connectivity index (χ0) is 13.2. The van der Waals surface area contributed by atoms with Crippen molar-refractivity contribution in [3.8, 4) is 0 Å². The Morgan fingerprint density at radius 3 is 2.95 bits per heavy atom. The standard InChI is InChI=1S/C14H14ClN3S/c1-10(14-16-8-9-19-14)18-12-5-3-2-4-11(12)17-13(18)6-7-15/h2-5,8-10H,6-7H2,1H3. The first-order valence-corrected chi connectivity index (χ1v) is 7.64. The molecule has 2 aromatic heterocycles. The molecular formula is C14H14ClN3S. The van der Waals surface area contributed by atoms with Crippen LogP contribution in [-0.2, 0) is 6.42 Å². The van der Waals surface area contributed by atoms with Crippen molar-refractivity contribution in [2.24, 2.45) is 0 Å². The van der Waals surface area contributed by atoms with Crippen molar-refractivity contribution in [3.05, 3.63) is 46.7 Å². The van der Waals surface area contributed by atoms with Gasteiger partial charge in [-0.3, -0.25) is 0 Å². The molecular weight excluding hydrogens is 278 g/mol. The van der Waals surface area contributed by atoms with Crippen LogP contribution in [0.2, 0.25) is 0 Å². The Balaban J connectivity index is 2.17. The minimum absolute atomic E-state index is 0.186. The highest BCUT2D eigenvalue weighted by molar-refractivity contribution is 7.09. The average Bonchev–Trinajstić information content (AvgIpc) is 3.06. The van der Waals surface area contributed by atoms with Crippen LogP contribution in [0.5, 0.6) is 0 Å². The summed E-state index contributed by atoms with van der Waals surface area (Å²) in [7, 11) is 0. The molecule has 0 saturated heterocycles. The molecule has 1 atom stereocenters. The maximum absolute atomic E-state index is 5.90. The second kappa shape index (κ2) is 5.31. The summed E-state index contributed by atoms with van der Waals surface area (Å²) in [6.07, 6.45) is 2.61.